The maximum absolute atomic E-state index is 3.25. The van der Waals surface area contributed by atoms with Gasteiger partial charge >= 0.3 is 0 Å². The largest absolute Gasteiger partial charge is 0.318 e. The molecule has 2 bridgehead atoms. The van der Waals surface area contributed by atoms with Crippen molar-refractivity contribution in [2.24, 2.45) is 0 Å². The highest BCUT2D eigenvalue weighted by Crippen LogP contribution is 2.14. The highest BCUT2D eigenvalue weighted by atomic mass is 15.3. The molecule has 64 valence electrons. The predicted octanol–water partition coefficient (Wildman–Crippen LogP) is -0.794. The summed E-state index contributed by atoms with van der Waals surface area (Å²) in [5.74, 6) is 0. The van der Waals surface area contributed by atoms with Gasteiger partial charge in [-0.25, -0.2) is 0 Å². The Labute approximate surface area is 68.4 Å². The molecular weight excluding hydrogens is 138 g/mol. The fraction of sp³-hybridized carbons (Fsp3) is 1.00. The fourth-order valence-electron chi connectivity index (χ4n) is 2.15. The van der Waals surface area contributed by atoms with Crippen molar-refractivity contribution < 1.29 is 0 Å². The number of hydrogen-bond donors (Lipinski definition) is 1. The summed E-state index contributed by atoms with van der Waals surface area (Å²) < 4.78 is 0. The average molecular weight is 155 g/mol. The minimum atomic E-state index is 0.780. The normalized spacial score (nSPS) is 42.8. The van der Waals surface area contributed by atoms with Gasteiger partial charge in [-0.3, -0.25) is 9.80 Å². The molecule has 0 spiro atoms. The summed E-state index contributed by atoms with van der Waals surface area (Å²) in [7, 11) is 2.04. The molecule has 3 heterocycles. The van der Waals surface area contributed by atoms with Crippen molar-refractivity contribution >= 4 is 0 Å². The van der Waals surface area contributed by atoms with Gasteiger partial charge in [-0.1, -0.05) is 0 Å². The van der Waals surface area contributed by atoms with Crippen LogP contribution in [0.4, 0.5) is 0 Å². The lowest BCUT2D eigenvalue weighted by Crippen LogP contribution is -2.63. The molecule has 11 heavy (non-hydrogen) atoms. The van der Waals surface area contributed by atoms with Gasteiger partial charge in [0.05, 0.1) is 0 Å². The van der Waals surface area contributed by atoms with E-state index in [4.69, 9.17) is 0 Å². The Morgan fingerprint density at radius 2 is 2.00 bits per heavy atom. The number of rotatable bonds is 2. The second-order valence-electron chi connectivity index (χ2n) is 3.55. The quantitative estimate of drug-likeness (QED) is 0.563. The molecule has 0 radical (unpaired) electrons. The van der Waals surface area contributed by atoms with E-state index in [1.54, 1.807) is 0 Å². The van der Waals surface area contributed by atoms with Crippen LogP contribution in [0.25, 0.3) is 0 Å². The summed E-state index contributed by atoms with van der Waals surface area (Å²) >= 11 is 0. The Morgan fingerprint density at radius 3 is 2.45 bits per heavy atom. The van der Waals surface area contributed by atoms with Crippen LogP contribution in [0.2, 0.25) is 0 Å². The first-order valence-corrected chi connectivity index (χ1v) is 4.51. The highest BCUT2D eigenvalue weighted by Gasteiger charge is 2.30. The van der Waals surface area contributed by atoms with Gasteiger partial charge in [0, 0.05) is 45.3 Å². The fourth-order valence-corrected chi connectivity index (χ4v) is 2.15. The molecular formula is C8H17N3. The molecule has 3 nitrogen and oxygen atoms in total. The van der Waals surface area contributed by atoms with Crippen LogP contribution in [0.5, 0.6) is 0 Å². The lowest BCUT2D eigenvalue weighted by atomic mass is 10.1. The van der Waals surface area contributed by atoms with Gasteiger partial charge in [-0.15, -0.1) is 0 Å². The van der Waals surface area contributed by atoms with Crippen LogP contribution in [0, 0.1) is 0 Å². The standard InChI is InChI=1S/C8H17N3/c1-9-6-8-7-10-2-4-11(8)5-3-10/h8-9H,2-7H2,1H3/t8-/m1/s1. The third-order valence-corrected chi connectivity index (χ3v) is 2.83. The second kappa shape index (κ2) is 3.09. The zero-order valence-corrected chi connectivity index (χ0v) is 7.21. The summed E-state index contributed by atoms with van der Waals surface area (Å²) in [6.07, 6.45) is 0. The van der Waals surface area contributed by atoms with E-state index < -0.39 is 0 Å². The molecule has 3 rings (SSSR count). The molecule has 1 atom stereocenters. The van der Waals surface area contributed by atoms with Gasteiger partial charge < -0.3 is 5.32 Å². The van der Waals surface area contributed by atoms with E-state index in [0.29, 0.717) is 0 Å². The van der Waals surface area contributed by atoms with E-state index in [0.717, 1.165) is 12.6 Å². The summed E-state index contributed by atoms with van der Waals surface area (Å²) in [6.45, 7) is 7.58. The Morgan fingerprint density at radius 1 is 1.27 bits per heavy atom. The molecule has 3 aliphatic rings. The Bertz CT molecular complexity index is 129. The first-order chi connectivity index (χ1) is 5.40. The Balaban J connectivity index is 1.92. The number of piperazine rings is 3. The summed E-state index contributed by atoms with van der Waals surface area (Å²) in [5.41, 5.74) is 0. The zero-order chi connectivity index (χ0) is 7.68. The van der Waals surface area contributed by atoms with Crippen molar-refractivity contribution in [1.82, 2.24) is 15.1 Å². The van der Waals surface area contributed by atoms with Gasteiger partial charge in [0.25, 0.3) is 0 Å². The topological polar surface area (TPSA) is 18.5 Å². The van der Waals surface area contributed by atoms with Crippen LogP contribution in [0.1, 0.15) is 0 Å². The van der Waals surface area contributed by atoms with Crippen LogP contribution in [-0.4, -0.2) is 62.2 Å². The monoisotopic (exact) mass is 155 g/mol. The number of nitrogens with one attached hydrogen (secondary N) is 1. The van der Waals surface area contributed by atoms with E-state index in [9.17, 15) is 0 Å². The van der Waals surface area contributed by atoms with Crippen LogP contribution in [0.3, 0.4) is 0 Å². The third kappa shape index (κ3) is 1.41. The van der Waals surface area contributed by atoms with E-state index in [1.807, 2.05) is 7.05 Å². The first-order valence-electron chi connectivity index (χ1n) is 4.51. The lowest BCUT2D eigenvalue weighted by Gasteiger charge is -2.47. The molecule has 3 aliphatic heterocycles. The second-order valence-corrected chi connectivity index (χ2v) is 3.55. The minimum Gasteiger partial charge on any atom is -0.318 e. The van der Waals surface area contributed by atoms with Crippen molar-refractivity contribution in [2.45, 2.75) is 6.04 Å². The number of nitrogens with zero attached hydrogens (tertiary/aromatic N) is 2. The van der Waals surface area contributed by atoms with Crippen molar-refractivity contribution in [1.29, 1.82) is 0 Å². The van der Waals surface area contributed by atoms with Crippen LogP contribution in [0.15, 0.2) is 0 Å². The first kappa shape index (κ1) is 7.53. The smallest absolute Gasteiger partial charge is 0.0348 e. The predicted molar refractivity (Wildman–Crippen MR) is 45.7 cm³/mol. The maximum Gasteiger partial charge on any atom is 0.0348 e. The van der Waals surface area contributed by atoms with E-state index in [1.165, 1.54) is 32.7 Å². The zero-order valence-electron chi connectivity index (χ0n) is 7.21. The number of hydrogen-bond acceptors (Lipinski definition) is 3. The van der Waals surface area contributed by atoms with E-state index >= 15 is 0 Å². The van der Waals surface area contributed by atoms with E-state index in [2.05, 4.69) is 15.1 Å². The van der Waals surface area contributed by atoms with Crippen molar-refractivity contribution in [3.05, 3.63) is 0 Å². The lowest BCUT2D eigenvalue weighted by molar-refractivity contribution is 0.0145. The average Bonchev–Trinajstić information content (AvgIpc) is 2.07. The molecule has 0 aromatic heterocycles. The Hall–Kier alpha value is -0.120. The molecule has 3 fully saturated rings. The molecule has 1 N–H and O–H groups in total. The molecule has 3 saturated heterocycles. The van der Waals surface area contributed by atoms with Crippen LogP contribution in [-0.2, 0) is 0 Å². The molecule has 0 saturated carbocycles. The molecule has 0 unspecified atom stereocenters. The van der Waals surface area contributed by atoms with Gasteiger partial charge in [-0.2, -0.15) is 0 Å². The molecule has 0 aromatic carbocycles. The summed E-state index contributed by atoms with van der Waals surface area (Å²) in [5, 5.41) is 3.25. The summed E-state index contributed by atoms with van der Waals surface area (Å²) in [6, 6.07) is 0.780. The van der Waals surface area contributed by atoms with Gasteiger partial charge in [0.2, 0.25) is 0 Å². The molecule has 3 heteroatoms. The van der Waals surface area contributed by atoms with Gasteiger partial charge in [-0.05, 0) is 7.05 Å². The Kier molecular flexibility index (Phi) is 2.11. The SMILES string of the molecule is CNC[C@@H]1CN2CCN1CC2. The molecule has 0 amide bonds. The molecule has 0 aromatic rings. The maximum atomic E-state index is 3.25. The highest BCUT2D eigenvalue weighted by molar-refractivity contribution is 4.88. The van der Waals surface area contributed by atoms with E-state index in [-0.39, 0.29) is 0 Å². The van der Waals surface area contributed by atoms with Crippen molar-refractivity contribution in [2.75, 3.05) is 46.3 Å². The van der Waals surface area contributed by atoms with Crippen molar-refractivity contribution in [3.63, 3.8) is 0 Å². The van der Waals surface area contributed by atoms with Crippen molar-refractivity contribution in [3.8, 4) is 0 Å². The van der Waals surface area contributed by atoms with Gasteiger partial charge in [0.15, 0.2) is 0 Å². The van der Waals surface area contributed by atoms with Gasteiger partial charge in [0.1, 0.15) is 0 Å². The number of likely N-dealkylation sites (N-methyl/N-ethyl adjacent to an activating group) is 1. The number of fused-ring (bicyclic) bond motifs is 3. The van der Waals surface area contributed by atoms with Crippen LogP contribution >= 0.6 is 0 Å². The summed E-state index contributed by atoms with van der Waals surface area (Å²) in [4.78, 5) is 5.18. The van der Waals surface area contributed by atoms with Crippen LogP contribution < -0.4 is 5.32 Å². The minimum absolute atomic E-state index is 0.780. The molecule has 0 aliphatic carbocycles. The third-order valence-electron chi connectivity index (χ3n) is 2.83.